The van der Waals surface area contributed by atoms with Gasteiger partial charge in [0.15, 0.2) is 0 Å². The summed E-state index contributed by atoms with van der Waals surface area (Å²) in [6.45, 7) is 3.33. The highest BCUT2D eigenvalue weighted by molar-refractivity contribution is 9.11. The topological polar surface area (TPSA) is 64.4 Å². The van der Waals surface area contributed by atoms with Gasteiger partial charge in [-0.05, 0) is 52.0 Å². The van der Waals surface area contributed by atoms with Gasteiger partial charge in [0.2, 0.25) is 0 Å². The second-order valence-electron chi connectivity index (χ2n) is 4.57. The van der Waals surface area contributed by atoms with Crippen molar-refractivity contribution in [3.63, 3.8) is 0 Å². The van der Waals surface area contributed by atoms with Crippen LogP contribution in [0, 0.1) is 6.92 Å². The van der Waals surface area contributed by atoms with Gasteiger partial charge < -0.3 is 15.8 Å². The van der Waals surface area contributed by atoms with Crippen LogP contribution in [-0.2, 0) is 6.61 Å². The Morgan fingerprint density at radius 3 is 2.82 bits per heavy atom. The Labute approximate surface area is 148 Å². The van der Waals surface area contributed by atoms with Gasteiger partial charge in [0, 0.05) is 24.2 Å². The number of nitrogens with one attached hydrogen (secondary N) is 1. The summed E-state index contributed by atoms with van der Waals surface area (Å²) in [6, 6.07) is 7.46. The smallest absolute Gasteiger partial charge is 0.251 e. The van der Waals surface area contributed by atoms with E-state index in [1.54, 1.807) is 23.5 Å². The molecule has 0 saturated heterocycles. The van der Waals surface area contributed by atoms with E-state index in [-0.39, 0.29) is 18.3 Å². The van der Waals surface area contributed by atoms with E-state index < -0.39 is 0 Å². The highest BCUT2D eigenvalue weighted by Crippen LogP contribution is 2.24. The molecule has 1 aromatic heterocycles. The van der Waals surface area contributed by atoms with Crippen molar-refractivity contribution >= 4 is 45.6 Å². The second-order valence-corrected chi connectivity index (χ2v) is 6.86. The summed E-state index contributed by atoms with van der Waals surface area (Å²) < 4.78 is 6.89. The Morgan fingerprint density at radius 2 is 2.18 bits per heavy atom. The molecule has 0 fully saturated rings. The second kappa shape index (κ2) is 9.15. The maximum atomic E-state index is 11.9. The van der Waals surface area contributed by atoms with Gasteiger partial charge in [0.05, 0.1) is 3.79 Å². The lowest BCUT2D eigenvalue weighted by molar-refractivity contribution is 0.0954. The van der Waals surface area contributed by atoms with Crippen molar-refractivity contribution in [2.24, 2.45) is 5.73 Å². The zero-order chi connectivity index (χ0) is 15.2. The molecule has 3 N–H and O–H groups in total. The number of rotatable bonds is 6. The van der Waals surface area contributed by atoms with Crippen LogP contribution < -0.4 is 15.8 Å². The minimum Gasteiger partial charge on any atom is -0.489 e. The van der Waals surface area contributed by atoms with E-state index in [1.807, 2.05) is 24.4 Å². The summed E-state index contributed by atoms with van der Waals surface area (Å²) in [5.41, 5.74) is 8.06. The molecular formula is C15H18BrClN2O2S. The zero-order valence-corrected chi connectivity index (χ0v) is 15.3. The molecule has 0 aliphatic rings. The van der Waals surface area contributed by atoms with Gasteiger partial charge in [-0.15, -0.1) is 23.7 Å². The number of hydrogen-bond donors (Lipinski definition) is 2. The molecule has 0 aliphatic heterocycles. The molecule has 2 rings (SSSR count). The molecule has 1 amide bonds. The molecule has 0 bridgehead atoms. The monoisotopic (exact) mass is 404 g/mol. The number of benzene rings is 1. The number of amides is 1. The first-order chi connectivity index (χ1) is 10.1. The van der Waals surface area contributed by atoms with Gasteiger partial charge in [-0.3, -0.25) is 4.79 Å². The average molecular weight is 406 g/mol. The Hall–Kier alpha value is -1.08. The Bertz CT molecular complexity index is 634. The molecule has 0 spiro atoms. The first-order valence-electron chi connectivity index (χ1n) is 6.55. The molecule has 22 heavy (non-hydrogen) atoms. The average Bonchev–Trinajstić information content (AvgIpc) is 2.89. The molecule has 7 heteroatoms. The predicted octanol–water partition coefficient (Wildman–Crippen LogP) is 3.51. The first-order valence-corrected chi connectivity index (χ1v) is 8.22. The summed E-state index contributed by atoms with van der Waals surface area (Å²) in [4.78, 5) is 11.9. The molecule has 0 radical (unpaired) electrons. The number of halogens is 2. The van der Waals surface area contributed by atoms with Crippen molar-refractivity contribution in [2.45, 2.75) is 13.5 Å². The van der Waals surface area contributed by atoms with E-state index >= 15 is 0 Å². The van der Waals surface area contributed by atoms with E-state index in [0.29, 0.717) is 25.3 Å². The fraction of sp³-hybridized carbons (Fsp3) is 0.267. The SMILES string of the molecule is Cc1ccc(C(=O)NCCN)cc1OCc1csc(Br)c1.Cl. The van der Waals surface area contributed by atoms with E-state index in [2.05, 4.69) is 21.2 Å². The van der Waals surface area contributed by atoms with E-state index in [4.69, 9.17) is 10.5 Å². The Kier molecular flexibility index (Phi) is 7.89. The molecule has 4 nitrogen and oxygen atoms in total. The molecule has 120 valence electrons. The predicted molar refractivity (Wildman–Crippen MR) is 96.2 cm³/mol. The normalized spacial score (nSPS) is 9.95. The minimum atomic E-state index is -0.136. The van der Waals surface area contributed by atoms with Crippen LogP contribution in [0.2, 0.25) is 0 Å². The number of thiophene rings is 1. The van der Waals surface area contributed by atoms with Crippen molar-refractivity contribution < 1.29 is 9.53 Å². The van der Waals surface area contributed by atoms with Crippen molar-refractivity contribution in [1.29, 1.82) is 0 Å². The summed E-state index contributed by atoms with van der Waals surface area (Å²) in [6.07, 6.45) is 0. The summed E-state index contributed by atoms with van der Waals surface area (Å²) in [5, 5.41) is 4.79. The van der Waals surface area contributed by atoms with E-state index in [9.17, 15) is 4.79 Å². The fourth-order valence-corrected chi connectivity index (χ4v) is 2.96. The Morgan fingerprint density at radius 1 is 1.41 bits per heavy atom. The van der Waals surface area contributed by atoms with Crippen LogP contribution in [-0.4, -0.2) is 19.0 Å². The third kappa shape index (κ3) is 5.28. The maximum Gasteiger partial charge on any atom is 0.251 e. The lowest BCUT2D eigenvalue weighted by atomic mass is 10.1. The number of nitrogens with two attached hydrogens (primary N) is 1. The Balaban J connectivity index is 0.00000242. The summed E-state index contributed by atoms with van der Waals surface area (Å²) in [7, 11) is 0. The third-order valence-corrected chi connectivity index (χ3v) is 4.45. The largest absolute Gasteiger partial charge is 0.489 e. The standard InChI is InChI=1S/C15H17BrN2O2S.ClH/c1-10-2-3-12(15(19)18-5-4-17)7-13(10)20-8-11-6-14(16)21-9-11;/h2-3,6-7,9H,4-5,8,17H2,1H3,(H,18,19);1H. The van der Waals surface area contributed by atoms with Crippen molar-refractivity contribution in [2.75, 3.05) is 13.1 Å². The molecular weight excluding hydrogens is 388 g/mol. The maximum absolute atomic E-state index is 11.9. The van der Waals surface area contributed by atoms with Crippen molar-refractivity contribution in [1.82, 2.24) is 5.32 Å². The van der Waals surface area contributed by atoms with E-state index in [1.165, 1.54) is 0 Å². The minimum absolute atomic E-state index is 0. The third-order valence-electron chi connectivity index (χ3n) is 2.90. The van der Waals surface area contributed by atoms with Gasteiger partial charge in [-0.1, -0.05) is 6.07 Å². The highest BCUT2D eigenvalue weighted by atomic mass is 79.9. The highest BCUT2D eigenvalue weighted by Gasteiger charge is 2.09. The summed E-state index contributed by atoms with van der Waals surface area (Å²) >= 11 is 5.05. The first kappa shape index (κ1) is 19.0. The number of ether oxygens (including phenoxy) is 1. The molecule has 0 saturated carbocycles. The molecule has 0 aliphatic carbocycles. The quantitative estimate of drug-likeness (QED) is 0.773. The number of carbonyl (C=O) groups excluding carboxylic acids is 1. The van der Waals surface area contributed by atoms with Gasteiger partial charge in [-0.25, -0.2) is 0 Å². The van der Waals surface area contributed by atoms with Crippen molar-refractivity contribution in [3.8, 4) is 5.75 Å². The number of hydrogen-bond acceptors (Lipinski definition) is 4. The lowest BCUT2D eigenvalue weighted by Gasteiger charge is -2.10. The number of carbonyl (C=O) groups is 1. The van der Waals surface area contributed by atoms with Gasteiger partial charge in [0.1, 0.15) is 12.4 Å². The zero-order valence-electron chi connectivity index (χ0n) is 12.1. The molecule has 0 atom stereocenters. The van der Waals surface area contributed by atoms with E-state index in [0.717, 1.165) is 20.7 Å². The fourth-order valence-electron chi connectivity index (χ4n) is 1.77. The molecule has 1 aromatic carbocycles. The lowest BCUT2D eigenvalue weighted by Crippen LogP contribution is -2.28. The number of aryl methyl sites for hydroxylation is 1. The van der Waals surface area contributed by atoms with Crippen LogP contribution in [0.25, 0.3) is 0 Å². The van der Waals surface area contributed by atoms with Crippen molar-refractivity contribution in [3.05, 3.63) is 50.1 Å². The van der Waals surface area contributed by atoms with Crippen LogP contribution in [0.5, 0.6) is 5.75 Å². The van der Waals surface area contributed by atoms with Gasteiger partial charge in [0.25, 0.3) is 5.91 Å². The van der Waals surface area contributed by atoms with Crippen LogP contribution >= 0.6 is 39.7 Å². The van der Waals surface area contributed by atoms with Crippen LogP contribution in [0.3, 0.4) is 0 Å². The van der Waals surface area contributed by atoms with Gasteiger partial charge in [-0.2, -0.15) is 0 Å². The molecule has 1 heterocycles. The van der Waals surface area contributed by atoms with Crippen LogP contribution in [0.1, 0.15) is 21.5 Å². The van der Waals surface area contributed by atoms with Crippen LogP contribution in [0.4, 0.5) is 0 Å². The van der Waals surface area contributed by atoms with Crippen LogP contribution in [0.15, 0.2) is 33.4 Å². The molecule has 0 unspecified atom stereocenters. The summed E-state index contributed by atoms with van der Waals surface area (Å²) in [5.74, 6) is 0.585. The van der Waals surface area contributed by atoms with Gasteiger partial charge >= 0.3 is 0 Å². The molecule has 2 aromatic rings.